The zero-order chi connectivity index (χ0) is 20.9. The third-order valence-corrected chi connectivity index (χ3v) is 5.81. The fourth-order valence-corrected chi connectivity index (χ4v) is 3.61. The maximum atomic E-state index is 12.3. The number of nitrogens with zero attached hydrogens (tertiary/aromatic N) is 2. The van der Waals surface area contributed by atoms with Crippen LogP contribution in [0.3, 0.4) is 0 Å². The van der Waals surface area contributed by atoms with Crippen molar-refractivity contribution in [2.75, 3.05) is 17.1 Å². The second kappa shape index (κ2) is 9.34. The topological polar surface area (TPSA) is 78.8 Å². The molecule has 28 heavy (non-hydrogen) atoms. The molecule has 6 nitrogen and oxygen atoms in total. The number of carbonyl (C=O) groups excluding carboxylic acids is 1. The number of carbonyl (C=O) groups is 1. The van der Waals surface area contributed by atoms with Crippen LogP contribution in [0.2, 0.25) is 0 Å². The van der Waals surface area contributed by atoms with Crippen molar-refractivity contribution in [3.63, 3.8) is 0 Å². The Bertz CT molecular complexity index is 953. The average molecular weight is 466 g/mol. The Morgan fingerprint density at radius 3 is 2.18 bits per heavy atom. The highest BCUT2D eigenvalue weighted by Gasteiger charge is 2.21. The molecular weight excluding hydrogens is 442 g/mol. The molecule has 2 rings (SSSR count). The standard InChI is InChI=1S/C20H24BrN3O3S/c1-14(2)16-7-11-19(12-8-16)24(28(4,26)27)13-20(25)23-22-15(3)17-5-9-18(21)10-6-17/h5-12,14H,13H2,1-4H3,(H,23,25)/b22-15-. The lowest BCUT2D eigenvalue weighted by molar-refractivity contribution is -0.119. The Hall–Kier alpha value is -2.19. The van der Waals surface area contributed by atoms with Crippen LogP contribution in [0.4, 0.5) is 5.69 Å². The molecule has 0 aliphatic rings. The van der Waals surface area contributed by atoms with Gasteiger partial charge in [-0.2, -0.15) is 5.10 Å². The minimum absolute atomic E-state index is 0.333. The zero-order valence-corrected chi connectivity index (χ0v) is 18.7. The lowest BCUT2D eigenvalue weighted by Crippen LogP contribution is -2.39. The van der Waals surface area contributed by atoms with Crippen LogP contribution < -0.4 is 9.73 Å². The lowest BCUT2D eigenvalue weighted by atomic mass is 10.0. The number of hydrogen-bond acceptors (Lipinski definition) is 4. The van der Waals surface area contributed by atoms with Crippen molar-refractivity contribution < 1.29 is 13.2 Å². The number of benzene rings is 2. The van der Waals surface area contributed by atoms with Crippen molar-refractivity contribution >= 4 is 43.3 Å². The van der Waals surface area contributed by atoms with Gasteiger partial charge in [0.15, 0.2) is 0 Å². The molecule has 0 heterocycles. The maximum Gasteiger partial charge on any atom is 0.260 e. The third-order valence-electron chi connectivity index (χ3n) is 4.15. The van der Waals surface area contributed by atoms with Crippen LogP contribution in [0.25, 0.3) is 0 Å². The molecule has 0 fully saturated rings. The van der Waals surface area contributed by atoms with Crippen LogP contribution in [0.5, 0.6) is 0 Å². The van der Waals surface area contributed by atoms with Gasteiger partial charge in [-0.15, -0.1) is 0 Å². The molecule has 150 valence electrons. The van der Waals surface area contributed by atoms with E-state index in [9.17, 15) is 13.2 Å². The summed E-state index contributed by atoms with van der Waals surface area (Å²) < 4.78 is 26.4. The van der Waals surface area contributed by atoms with E-state index in [1.807, 2.05) is 36.4 Å². The van der Waals surface area contributed by atoms with Gasteiger partial charge < -0.3 is 0 Å². The molecule has 0 radical (unpaired) electrons. The zero-order valence-electron chi connectivity index (χ0n) is 16.3. The fraction of sp³-hybridized carbons (Fsp3) is 0.300. The van der Waals surface area contributed by atoms with Gasteiger partial charge >= 0.3 is 0 Å². The Morgan fingerprint density at radius 1 is 1.11 bits per heavy atom. The largest absolute Gasteiger partial charge is 0.271 e. The van der Waals surface area contributed by atoms with Crippen LogP contribution in [0.15, 0.2) is 58.1 Å². The van der Waals surface area contributed by atoms with Crippen molar-refractivity contribution in [2.45, 2.75) is 26.7 Å². The first kappa shape index (κ1) is 22.1. The first-order valence-corrected chi connectivity index (χ1v) is 11.4. The predicted octanol–water partition coefficient (Wildman–Crippen LogP) is 3.88. The van der Waals surface area contributed by atoms with Crippen molar-refractivity contribution in [1.82, 2.24) is 5.43 Å². The van der Waals surface area contributed by atoms with Crippen molar-refractivity contribution in [3.8, 4) is 0 Å². The van der Waals surface area contributed by atoms with Crippen LogP contribution in [-0.2, 0) is 14.8 Å². The van der Waals surface area contributed by atoms with E-state index < -0.39 is 15.9 Å². The van der Waals surface area contributed by atoms with Gasteiger partial charge in [-0.3, -0.25) is 9.10 Å². The molecule has 0 atom stereocenters. The molecule has 1 N–H and O–H groups in total. The van der Waals surface area contributed by atoms with Crippen LogP contribution in [0.1, 0.15) is 37.8 Å². The second-order valence-electron chi connectivity index (χ2n) is 6.75. The van der Waals surface area contributed by atoms with Crippen molar-refractivity contribution in [1.29, 1.82) is 0 Å². The van der Waals surface area contributed by atoms with Gasteiger partial charge in [0.1, 0.15) is 6.54 Å². The highest BCUT2D eigenvalue weighted by Crippen LogP contribution is 2.21. The Balaban J connectivity index is 2.13. The van der Waals surface area contributed by atoms with Gasteiger partial charge in [0.2, 0.25) is 10.0 Å². The Morgan fingerprint density at radius 2 is 1.68 bits per heavy atom. The molecule has 0 saturated heterocycles. The number of amides is 1. The molecule has 2 aromatic carbocycles. The van der Waals surface area contributed by atoms with Crippen molar-refractivity contribution in [2.24, 2.45) is 5.10 Å². The van der Waals surface area contributed by atoms with E-state index in [-0.39, 0.29) is 6.54 Å². The smallest absolute Gasteiger partial charge is 0.260 e. The minimum Gasteiger partial charge on any atom is -0.271 e. The van der Waals surface area contributed by atoms with Gasteiger partial charge in [0.05, 0.1) is 17.7 Å². The summed E-state index contributed by atoms with van der Waals surface area (Å²) in [6.07, 6.45) is 1.08. The van der Waals surface area contributed by atoms with Gasteiger partial charge in [0.25, 0.3) is 5.91 Å². The molecule has 0 saturated carbocycles. The number of nitrogens with one attached hydrogen (secondary N) is 1. The SMILES string of the molecule is C/C(=N/NC(=O)CN(c1ccc(C(C)C)cc1)S(C)(=O)=O)c1ccc(Br)cc1. The summed E-state index contributed by atoms with van der Waals surface area (Å²) in [4.78, 5) is 12.3. The highest BCUT2D eigenvalue weighted by atomic mass is 79.9. The van der Waals surface area contributed by atoms with Crippen LogP contribution in [0, 0.1) is 0 Å². The summed E-state index contributed by atoms with van der Waals surface area (Å²) in [6.45, 7) is 5.53. The molecule has 0 aliphatic carbocycles. The molecule has 0 aromatic heterocycles. The Kier molecular flexibility index (Phi) is 7.37. The monoisotopic (exact) mass is 465 g/mol. The number of hydrogen-bond donors (Lipinski definition) is 1. The minimum atomic E-state index is -3.62. The van der Waals surface area contributed by atoms with E-state index in [4.69, 9.17) is 0 Å². The van der Waals surface area contributed by atoms with Gasteiger partial charge in [0, 0.05) is 4.47 Å². The molecule has 2 aromatic rings. The summed E-state index contributed by atoms with van der Waals surface area (Å²) in [5.74, 6) is -0.185. The molecule has 1 amide bonds. The molecule has 0 bridgehead atoms. The van der Waals surface area contributed by atoms with E-state index >= 15 is 0 Å². The summed E-state index contributed by atoms with van der Waals surface area (Å²) in [7, 11) is -3.62. The van der Waals surface area contributed by atoms with E-state index in [1.165, 1.54) is 0 Å². The summed E-state index contributed by atoms with van der Waals surface area (Å²) in [6, 6.07) is 14.6. The number of rotatable bonds is 7. The number of anilines is 1. The molecular formula is C20H24BrN3O3S. The quantitative estimate of drug-likeness (QED) is 0.497. The normalized spacial score (nSPS) is 12.1. The number of hydrazone groups is 1. The fourth-order valence-electron chi connectivity index (χ4n) is 2.49. The van der Waals surface area contributed by atoms with Gasteiger partial charge in [-0.1, -0.05) is 54.0 Å². The average Bonchev–Trinajstić information content (AvgIpc) is 2.64. The lowest BCUT2D eigenvalue weighted by Gasteiger charge is -2.22. The molecule has 0 aliphatic heterocycles. The summed E-state index contributed by atoms with van der Waals surface area (Å²) >= 11 is 3.36. The van der Waals surface area contributed by atoms with Crippen LogP contribution >= 0.6 is 15.9 Å². The molecule has 0 spiro atoms. The van der Waals surface area contributed by atoms with Crippen LogP contribution in [-0.4, -0.2) is 32.8 Å². The highest BCUT2D eigenvalue weighted by molar-refractivity contribution is 9.10. The van der Waals surface area contributed by atoms with Gasteiger partial charge in [-0.05, 0) is 48.2 Å². The second-order valence-corrected chi connectivity index (χ2v) is 9.58. The molecule has 8 heteroatoms. The van der Waals surface area contributed by atoms with Crippen molar-refractivity contribution in [3.05, 3.63) is 64.1 Å². The number of halogens is 1. The predicted molar refractivity (Wildman–Crippen MR) is 117 cm³/mol. The van der Waals surface area contributed by atoms with E-state index in [0.29, 0.717) is 17.3 Å². The molecule has 0 unspecified atom stereocenters. The van der Waals surface area contributed by atoms with E-state index in [2.05, 4.69) is 40.3 Å². The first-order valence-electron chi connectivity index (χ1n) is 8.74. The first-order chi connectivity index (χ1) is 13.1. The summed E-state index contributed by atoms with van der Waals surface area (Å²) in [5, 5.41) is 4.07. The maximum absolute atomic E-state index is 12.3. The van der Waals surface area contributed by atoms with E-state index in [1.54, 1.807) is 19.1 Å². The van der Waals surface area contributed by atoms with E-state index in [0.717, 1.165) is 26.2 Å². The third kappa shape index (κ3) is 6.17. The number of sulfonamides is 1. The Labute approximate surface area is 174 Å². The van der Waals surface area contributed by atoms with Gasteiger partial charge in [-0.25, -0.2) is 13.8 Å². The summed E-state index contributed by atoms with van der Waals surface area (Å²) in [5.41, 5.74) is 5.44.